The van der Waals surface area contributed by atoms with Crippen LogP contribution in [0.2, 0.25) is 5.02 Å². The molecule has 1 aromatic carbocycles. The van der Waals surface area contributed by atoms with Crippen LogP contribution in [-0.4, -0.2) is 21.9 Å². The molecule has 2 unspecified atom stereocenters. The van der Waals surface area contributed by atoms with Gasteiger partial charge in [0.05, 0.1) is 6.54 Å². The van der Waals surface area contributed by atoms with Crippen LogP contribution in [0, 0.1) is 0 Å². The highest BCUT2D eigenvalue weighted by atomic mass is 35.5. The van der Waals surface area contributed by atoms with Crippen LogP contribution in [-0.2, 0) is 19.4 Å². The molecule has 4 heteroatoms. The lowest BCUT2D eigenvalue weighted by Crippen LogP contribution is -2.39. The van der Waals surface area contributed by atoms with Crippen molar-refractivity contribution in [2.24, 2.45) is 0 Å². The van der Waals surface area contributed by atoms with Crippen molar-refractivity contribution >= 4 is 11.6 Å². The normalized spacial score (nSPS) is 19.4. The quantitative estimate of drug-likeness (QED) is 0.930. The Bertz CT molecular complexity index is 551. The van der Waals surface area contributed by atoms with Crippen LogP contribution in [0.25, 0.3) is 0 Å². The lowest BCUT2D eigenvalue weighted by Gasteiger charge is -2.19. The van der Waals surface area contributed by atoms with Crippen molar-refractivity contribution in [1.29, 1.82) is 0 Å². The highest BCUT2D eigenvalue weighted by molar-refractivity contribution is 6.30. The summed E-state index contributed by atoms with van der Waals surface area (Å²) in [5, 5.41) is 8.76. The monoisotopic (exact) mass is 275 g/mol. The number of nitrogens with one attached hydrogen (secondary N) is 1. The summed E-state index contributed by atoms with van der Waals surface area (Å²) in [5.41, 5.74) is 2.81. The molecule has 0 bridgehead atoms. The van der Waals surface area contributed by atoms with Gasteiger partial charge in [-0.3, -0.25) is 4.68 Å². The third-order valence-electron chi connectivity index (χ3n) is 3.64. The number of hydrogen-bond acceptors (Lipinski definition) is 2. The van der Waals surface area contributed by atoms with Crippen LogP contribution in [0.1, 0.15) is 18.1 Å². The maximum atomic E-state index is 6.04. The summed E-state index contributed by atoms with van der Waals surface area (Å²) in [7, 11) is 0. The Labute approximate surface area is 118 Å². The molecule has 1 aliphatic carbocycles. The Morgan fingerprint density at radius 2 is 2.26 bits per heavy atom. The second-order valence-corrected chi connectivity index (χ2v) is 5.75. The summed E-state index contributed by atoms with van der Waals surface area (Å²) >= 11 is 6.04. The SMILES string of the molecule is CC(Cn1cccn1)NC1Cc2ccc(Cl)cc2C1. The zero-order chi connectivity index (χ0) is 13.2. The molecule has 0 aliphatic heterocycles. The summed E-state index contributed by atoms with van der Waals surface area (Å²) in [5.74, 6) is 0. The molecule has 1 aromatic heterocycles. The van der Waals surface area contributed by atoms with Crippen LogP contribution in [0.5, 0.6) is 0 Å². The fourth-order valence-electron chi connectivity index (χ4n) is 2.85. The topological polar surface area (TPSA) is 29.9 Å². The lowest BCUT2D eigenvalue weighted by atomic mass is 10.1. The largest absolute Gasteiger partial charge is 0.309 e. The molecule has 1 N–H and O–H groups in total. The van der Waals surface area contributed by atoms with Gasteiger partial charge >= 0.3 is 0 Å². The number of nitrogens with zero attached hydrogens (tertiary/aromatic N) is 2. The van der Waals surface area contributed by atoms with Gasteiger partial charge in [0, 0.05) is 29.5 Å². The van der Waals surface area contributed by atoms with Gasteiger partial charge < -0.3 is 5.32 Å². The van der Waals surface area contributed by atoms with E-state index < -0.39 is 0 Å². The first-order valence-electron chi connectivity index (χ1n) is 6.71. The second-order valence-electron chi connectivity index (χ2n) is 5.31. The second kappa shape index (κ2) is 5.35. The van der Waals surface area contributed by atoms with Gasteiger partial charge in [-0.15, -0.1) is 0 Å². The van der Waals surface area contributed by atoms with Crippen molar-refractivity contribution in [2.75, 3.05) is 0 Å². The van der Waals surface area contributed by atoms with E-state index in [0.717, 1.165) is 24.4 Å². The van der Waals surface area contributed by atoms with Crippen molar-refractivity contribution in [3.05, 3.63) is 52.8 Å². The van der Waals surface area contributed by atoms with E-state index in [2.05, 4.69) is 29.5 Å². The molecular formula is C15H18ClN3. The highest BCUT2D eigenvalue weighted by Gasteiger charge is 2.22. The predicted octanol–water partition coefficient (Wildman–Crippen LogP) is 2.68. The molecular weight excluding hydrogens is 258 g/mol. The van der Waals surface area contributed by atoms with E-state index in [4.69, 9.17) is 11.6 Å². The van der Waals surface area contributed by atoms with Gasteiger partial charge in [0.2, 0.25) is 0 Å². The van der Waals surface area contributed by atoms with Crippen LogP contribution in [0.15, 0.2) is 36.7 Å². The average molecular weight is 276 g/mol. The van der Waals surface area contributed by atoms with Gasteiger partial charge in [-0.05, 0) is 49.1 Å². The van der Waals surface area contributed by atoms with Gasteiger partial charge in [-0.25, -0.2) is 0 Å². The fraction of sp³-hybridized carbons (Fsp3) is 0.400. The molecule has 0 fully saturated rings. The summed E-state index contributed by atoms with van der Waals surface area (Å²) in [6.45, 7) is 3.11. The summed E-state index contributed by atoms with van der Waals surface area (Å²) in [6.07, 6.45) is 5.98. The molecule has 100 valence electrons. The van der Waals surface area contributed by atoms with Crippen molar-refractivity contribution in [3.63, 3.8) is 0 Å². The molecule has 2 aromatic rings. The molecule has 2 atom stereocenters. The van der Waals surface area contributed by atoms with E-state index >= 15 is 0 Å². The van der Waals surface area contributed by atoms with Gasteiger partial charge in [0.1, 0.15) is 0 Å². The van der Waals surface area contributed by atoms with E-state index in [1.807, 2.05) is 29.2 Å². The van der Waals surface area contributed by atoms with Crippen molar-refractivity contribution in [3.8, 4) is 0 Å². The zero-order valence-corrected chi connectivity index (χ0v) is 11.8. The zero-order valence-electron chi connectivity index (χ0n) is 11.0. The molecule has 0 radical (unpaired) electrons. The van der Waals surface area contributed by atoms with E-state index in [1.54, 1.807) is 0 Å². The van der Waals surface area contributed by atoms with Gasteiger partial charge in [0.25, 0.3) is 0 Å². The average Bonchev–Trinajstić information content (AvgIpc) is 2.97. The summed E-state index contributed by atoms with van der Waals surface area (Å²) < 4.78 is 1.97. The number of rotatable bonds is 4. The van der Waals surface area contributed by atoms with Crippen molar-refractivity contribution in [2.45, 2.75) is 38.4 Å². The third kappa shape index (κ3) is 2.99. The minimum atomic E-state index is 0.412. The summed E-state index contributed by atoms with van der Waals surface area (Å²) in [4.78, 5) is 0. The molecule has 0 saturated carbocycles. The lowest BCUT2D eigenvalue weighted by molar-refractivity contribution is 0.400. The van der Waals surface area contributed by atoms with Gasteiger partial charge in [-0.1, -0.05) is 17.7 Å². The number of halogens is 1. The predicted molar refractivity (Wildman–Crippen MR) is 77.5 cm³/mol. The first-order chi connectivity index (χ1) is 9.20. The maximum absolute atomic E-state index is 6.04. The molecule has 0 spiro atoms. The fourth-order valence-corrected chi connectivity index (χ4v) is 3.04. The Morgan fingerprint density at radius 3 is 3.05 bits per heavy atom. The van der Waals surface area contributed by atoms with Gasteiger partial charge in [-0.2, -0.15) is 5.10 Å². The van der Waals surface area contributed by atoms with Crippen LogP contribution >= 0.6 is 11.6 Å². The number of benzene rings is 1. The highest BCUT2D eigenvalue weighted by Crippen LogP contribution is 2.25. The minimum Gasteiger partial charge on any atom is -0.309 e. The molecule has 0 saturated heterocycles. The van der Waals surface area contributed by atoms with E-state index in [9.17, 15) is 0 Å². The van der Waals surface area contributed by atoms with Crippen molar-refractivity contribution in [1.82, 2.24) is 15.1 Å². The standard InChI is InChI=1S/C15H18ClN3/c1-11(10-19-6-2-5-17-19)18-15-8-12-3-4-14(16)7-13(12)9-15/h2-7,11,15,18H,8-10H2,1H3. The van der Waals surface area contributed by atoms with Crippen LogP contribution in [0.3, 0.4) is 0 Å². The number of hydrogen-bond donors (Lipinski definition) is 1. The molecule has 19 heavy (non-hydrogen) atoms. The molecule has 1 heterocycles. The van der Waals surface area contributed by atoms with E-state index in [-0.39, 0.29) is 0 Å². The molecule has 0 amide bonds. The maximum Gasteiger partial charge on any atom is 0.0560 e. The molecule has 1 aliphatic rings. The summed E-state index contributed by atoms with van der Waals surface area (Å²) in [6, 6.07) is 9.11. The smallest absolute Gasteiger partial charge is 0.0560 e. The molecule has 3 rings (SSSR count). The first-order valence-corrected chi connectivity index (χ1v) is 7.09. The van der Waals surface area contributed by atoms with E-state index in [1.165, 1.54) is 11.1 Å². The Balaban J connectivity index is 1.58. The van der Waals surface area contributed by atoms with Gasteiger partial charge in [0.15, 0.2) is 0 Å². The Kier molecular flexibility index (Phi) is 3.58. The number of aromatic nitrogens is 2. The molecule has 3 nitrogen and oxygen atoms in total. The van der Waals surface area contributed by atoms with Crippen molar-refractivity contribution < 1.29 is 0 Å². The third-order valence-corrected chi connectivity index (χ3v) is 3.88. The minimum absolute atomic E-state index is 0.412. The first kappa shape index (κ1) is 12.7. The van der Waals surface area contributed by atoms with Crippen LogP contribution in [0.4, 0.5) is 0 Å². The number of fused-ring (bicyclic) bond motifs is 1. The van der Waals surface area contributed by atoms with E-state index in [0.29, 0.717) is 12.1 Å². The Hall–Kier alpha value is -1.32. The Morgan fingerprint density at radius 1 is 1.42 bits per heavy atom. The van der Waals surface area contributed by atoms with Crippen LogP contribution < -0.4 is 5.32 Å².